The van der Waals surface area contributed by atoms with E-state index in [1.54, 1.807) is 19.5 Å². The van der Waals surface area contributed by atoms with Crippen molar-refractivity contribution in [2.75, 3.05) is 12.4 Å². The van der Waals surface area contributed by atoms with Crippen LogP contribution in [0.15, 0.2) is 30.6 Å². The Morgan fingerprint density at radius 1 is 1.24 bits per heavy atom. The number of aryl methyl sites for hydroxylation is 1. The van der Waals surface area contributed by atoms with Gasteiger partial charge in [0, 0.05) is 12.4 Å². The Balaban J connectivity index is 2.07. The van der Waals surface area contributed by atoms with Crippen molar-refractivity contribution in [1.29, 1.82) is 0 Å². The summed E-state index contributed by atoms with van der Waals surface area (Å²) in [6, 6.07) is 5.56. The highest BCUT2D eigenvalue weighted by atomic mass is 16.5. The van der Waals surface area contributed by atoms with E-state index in [1.807, 2.05) is 25.1 Å². The number of nitrogens with one attached hydrogen (secondary N) is 1. The quantitative estimate of drug-likeness (QED) is 0.867. The molecule has 1 N–H and O–H groups in total. The maximum Gasteiger partial charge on any atom is 0.169 e. The van der Waals surface area contributed by atoms with E-state index < -0.39 is 0 Å². The van der Waals surface area contributed by atoms with Crippen LogP contribution in [-0.4, -0.2) is 22.1 Å². The molecule has 0 saturated carbocycles. The summed E-state index contributed by atoms with van der Waals surface area (Å²) in [5.41, 5.74) is 0.921. The largest absolute Gasteiger partial charge is 0.493 e. The average Bonchev–Trinajstić information content (AvgIpc) is 2.37. The molecule has 17 heavy (non-hydrogen) atoms. The van der Waals surface area contributed by atoms with E-state index in [0.29, 0.717) is 12.4 Å². The van der Waals surface area contributed by atoms with E-state index in [0.717, 1.165) is 17.3 Å². The van der Waals surface area contributed by atoms with Gasteiger partial charge >= 0.3 is 0 Å². The van der Waals surface area contributed by atoms with Crippen LogP contribution in [0.4, 0.5) is 5.82 Å². The molecular formula is C12H14N4O. The summed E-state index contributed by atoms with van der Waals surface area (Å²) in [4.78, 5) is 12.6. The smallest absolute Gasteiger partial charge is 0.169 e. The third-order valence-electron chi connectivity index (χ3n) is 2.26. The van der Waals surface area contributed by atoms with Gasteiger partial charge in [-0.05, 0) is 25.1 Å². The first-order chi connectivity index (χ1) is 8.29. The normalized spacial score (nSPS) is 10.0. The SMILES string of the molecule is COc1cccnc1NCc1ccnc(C)n1. The van der Waals surface area contributed by atoms with Gasteiger partial charge in [0.05, 0.1) is 19.3 Å². The van der Waals surface area contributed by atoms with Crippen LogP contribution in [0, 0.1) is 6.92 Å². The fraction of sp³-hybridized carbons (Fsp3) is 0.250. The van der Waals surface area contributed by atoms with E-state index >= 15 is 0 Å². The van der Waals surface area contributed by atoms with Crippen LogP contribution in [-0.2, 0) is 6.54 Å². The van der Waals surface area contributed by atoms with Crippen LogP contribution >= 0.6 is 0 Å². The molecule has 0 radical (unpaired) electrons. The first kappa shape index (κ1) is 11.3. The predicted molar refractivity (Wildman–Crippen MR) is 64.9 cm³/mol. The van der Waals surface area contributed by atoms with Gasteiger partial charge in [0.15, 0.2) is 11.6 Å². The van der Waals surface area contributed by atoms with Gasteiger partial charge in [-0.2, -0.15) is 0 Å². The molecule has 2 aromatic rings. The standard InChI is InChI=1S/C12H14N4O/c1-9-13-7-5-10(16-9)8-15-12-11(17-2)4-3-6-14-12/h3-7H,8H2,1-2H3,(H,14,15). The summed E-state index contributed by atoms with van der Waals surface area (Å²) in [5, 5.41) is 3.18. The highest BCUT2D eigenvalue weighted by Crippen LogP contribution is 2.20. The molecule has 5 heteroatoms. The second-order valence-electron chi connectivity index (χ2n) is 3.50. The molecule has 0 aliphatic carbocycles. The molecule has 0 aliphatic heterocycles. The summed E-state index contributed by atoms with van der Waals surface area (Å²) in [5.74, 6) is 2.20. The lowest BCUT2D eigenvalue weighted by molar-refractivity contribution is 0.415. The molecule has 0 unspecified atom stereocenters. The van der Waals surface area contributed by atoms with Gasteiger partial charge in [-0.1, -0.05) is 0 Å². The van der Waals surface area contributed by atoms with Gasteiger partial charge < -0.3 is 10.1 Å². The first-order valence-corrected chi connectivity index (χ1v) is 5.31. The van der Waals surface area contributed by atoms with E-state index in [9.17, 15) is 0 Å². The number of rotatable bonds is 4. The van der Waals surface area contributed by atoms with Crippen molar-refractivity contribution >= 4 is 5.82 Å². The van der Waals surface area contributed by atoms with Crippen LogP contribution in [0.2, 0.25) is 0 Å². The average molecular weight is 230 g/mol. The molecule has 0 aliphatic rings. The van der Waals surface area contributed by atoms with Crippen molar-refractivity contribution in [2.45, 2.75) is 13.5 Å². The number of hydrogen-bond donors (Lipinski definition) is 1. The van der Waals surface area contributed by atoms with Crippen LogP contribution in [0.25, 0.3) is 0 Å². The number of aromatic nitrogens is 3. The molecular weight excluding hydrogens is 216 g/mol. The first-order valence-electron chi connectivity index (χ1n) is 5.31. The Hall–Kier alpha value is -2.17. The molecule has 2 aromatic heterocycles. The topological polar surface area (TPSA) is 59.9 Å². The number of ether oxygens (including phenoxy) is 1. The monoisotopic (exact) mass is 230 g/mol. The molecule has 88 valence electrons. The summed E-state index contributed by atoms with van der Waals surface area (Å²) >= 11 is 0. The lowest BCUT2D eigenvalue weighted by atomic mass is 10.3. The minimum atomic E-state index is 0.594. The Labute approximate surface area is 99.9 Å². The van der Waals surface area contributed by atoms with Crippen molar-refractivity contribution in [1.82, 2.24) is 15.0 Å². The van der Waals surface area contributed by atoms with Crippen molar-refractivity contribution in [2.24, 2.45) is 0 Å². The van der Waals surface area contributed by atoms with Crippen LogP contribution in [0.3, 0.4) is 0 Å². The molecule has 0 aromatic carbocycles. The maximum atomic E-state index is 5.20. The number of methoxy groups -OCH3 is 1. The van der Waals surface area contributed by atoms with Gasteiger partial charge in [0.2, 0.25) is 0 Å². The van der Waals surface area contributed by atoms with E-state index in [-0.39, 0.29) is 0 Å². The minimum absolute atomic E-state index is 0.594. The molecule has 2 rings (SSSR count). The minimum Gasteiger partial charge on any atom is -0.493 e. The van der Waals surface area contributed by atoms with Gasteiger partial charge in [-0.25, -0.2) is 15.0 Å². The summed E-state index contributed by atoms with van der Waals surface area (Å²) in [6.07, 6.45) is 3.46. The van der Waals surface area contributed by atoms with Crippen LogP contribution in [0.1, 0.15) is 11.5 Å². The van der Waals surface area contributed by atoms with E-state index in [4.69, 9.17) is 4.74 Å². The Morgan fingerprint density at radius 2 is 2.12 bits per heavy atom. The molecule has 0 fully saturated rings. The van der Waals surface area contributed by atoms with E-state index in [2.05, 4.69) is 20.3 Å². The zero-order valence-corrected chi connectivity index (χ0v) is 9.84. The summed E-state index contributed by atoms with van der Waals surface area (Å²) < 4.78 is 5.20. The van der Waals surface area contributed by atoms with Gasteiger partial charge in [-0.3, -0.25) is 0 Å². The van der Waals surface area contributed by atoms with E-state index in [1.165, 1.54) is 0 Å². The Kier molecular flexibility index (Phi) is 3.49. The summed E-state index contributed by atoms with van der Waals surface area (Å²) in [7, 11) is 1.62. The number of pyridine rings is 1. The molecule has 5 nitrogen and oxygen atoms in total. The number of nitrogens with zero attached hydrogens (tertiary/aromatic N) is 3. The lowest BCUT2D eigenvalue weighted by Crippen LogP contribution is -2.05. The molecule has 0 amide bonds. The lowest BCUT2D eigenvalue weighted by Gasteiger charge is -2.09. The molecule has 0 bridgehead atoms. The number of anilines is 1. The van der Waals surface area contributed by atoms with Crippen molar-refractivity contribution in [3.8, 4) is 5.75 Å². The third-order valence-corrected chi connectivity index (χ3v) is 2.26. The van der Waals surface area contributed by atoms with Crippen molar-refractivity contribution in [3.05, 3.63) is 42.1 Å². The Morgan fingerprint density at radius 3 is 2.88 bits per heavy atom. The van der Waals surface area contributed by atoms with Crippen LogP contribution in [0.5, 0.6) is 5.75 Å². The highest BCUT2D eigenvalue weighted by Gasteiger charge is 2.03. The third kappa shape index (κ3) is 2.90. The maximum absolute atomic E-state index is 5.20. The molecule has 0 saturated heterocycles. The van der Waals surface area contributed by atoms with Gasteiger partial charge in [0.25, 0.3) is 0 Å². The molecule has 2 heterocycles. The predicted octanol–water partition coefficient (Wildman–Crippen LogP) is 1.80. The second kappa shape index (κ2) is 5.25. The number of hydrogen-bond acceptors (Lipinski definition) is 5. The second-order valence-corrected chi connectivity index (χ2v) is 3.50. The van der Waals surface area contributed by atoms with Crippen LogP contribution < -0.4 is 10.1 Å². The molecule has 0 spiro atoms. The fourth-order valence-electron chi connectivity index (χ4n) is 1.47. The highest BCUT2D eigenvalue weighted by molar-refractivity contribution is 5.49. The van der Waals surface area contributed by atoms with Crippen molar-refractivity contribution < 1.29 is 4.74 Å². The fourth-order valence-corrected chi connectivity index (χ4v) is 1.47. The van der Waals surface area contributed by atoms with Gasteiger partial charge in [0.1, 0.15) is 5.82 Å². The Bertz CT molecular complexity index is 501. The molecule has 0 atom stereocenters. The van der Waals surface area contributed by atoms with Crippen molar-refractivity contribution in [3.63, 3.8) is 0 Å². The van der Waals surface area contributed by atoms with Gasteiger partial charge in [-0.15, -0.1) is 0 Å². The zero-order valence-electron chi connectivity index (χ0n) is 9.84. The summed E-state index contributed by atoms with van der Waals surface area (Å²) in [6.45, 7) is 2.46. The zero-order chi connectivity index (χ0) is 12.1.